The third-order valence-electron chi connectivity index (χ3n) is 4.05. The number of benzene rings is 1. The second-order valence-corrected chi connectivity index (χ2v) is 5.53. The minimum Gasteiger partial charge on any atom is -0.494 e. The summed E-state index contributed by atoms with van der Waals surface area (Å²) in [6, 6.07) is 3.58. The van der Waals surface area contributed by atoms with Crippen LogP contribution in [-0.4, -0.2) is 23.0 Å². The zero-order valence-electron chi connectivity index (χ0n) is 13.2. The lowest BCUT2D eigenvalue weighted by atomic mass is 9.85. The molecule has 1 fully saturated rings. The Bertz CT molecular complexity index is 700. The van der Waals surface area contributed by atoms with Gasteiger partial charge in [0.15, 0.2) is 0 Å². The van der Waals surface area contributed by atoms with Crippen LogP contribution in [0.3, 0.4) is 0 Å². The van der Waals surface area contributed by atoms with E-state index in [0.29, 0.717) is 23.1 Å². The molecule has 23 heavy (non-hydrogen) atoms. The maximum absolute atomic E-state index is 12.1. The van der Waals surface area contributed by atoms with E-state index in [1.165, 1.54) is 6.20 Å². The van der Waals surface area contributed by atoms with Crippen molar-refractivity contribution in [3.63, 3.8) is 0 Å². The summed E-state index contributed by atoms with van der Waals surface area (Å²) >= 11 is 0. The number of carbonyl (C=O) groups excluding carboxylic acids is 1. The van der Waals surface area contributed by atoms with Crippen molar-refractivity contribution in [3.05, 3.63) is 36.3 Å². The van der Waals surface area contributed by atoms with Crippen LogP contribution >= 0.6 is 0 Å². The Balaban J connectivity index is 1.82. The van der Waals surface area contributed by atoms with E-state index in [4.69, 9.17) is 9.47 Å². The van der Waals surface area contributed by atoms with E-state index in [9.17, 15) is 4.79 Å². The Morgan fingerprint density at radius 1 is 1.30 bits per heavy atom. The predicted octanol–water partition coefficient (Wildman–Crippen LogP) is 3.32. The minimum atomic E-state index is 0.0524. The fourth-order valence-corrected chi connectivity index (χ4v) is 2.50. The van der Waals surface area contributed by atoms with Crippen molar-refractivity contribution in [2.75, 3.05) is 12.4 Å². The molecule has 1 aliphatic carbocycles. The molecule has 1 amide bonds. The molecule has 0 atom stereocenters. The molecule has 0 spiro atoms. The van der Waals surface area contributed by atoms with Gasteiger partial charge in [-0.3, -0.25) is 9.78 Å². The first kappa shape index (κ1) is 15.3. The first-order valence-corrected chi connectivity index (χ1v) is 7.61. The number of amides is 1. The van der Waals surface area contributed by atoms with Crippen LogP contribution in [0, 0.1) is 12.8 Å². The first-order chi connectivity index (χ1) is 11.2. The Hall–Kier alpha value is -2.63. The van der Waals surface area contributed by atoms with Gasteiger partial charge in [-0.2, -0.15) is 0 Å². The molecule has 1 N–H and O–H groups in total. The third-order valence-corrected chi connectivity index (χ3v) is 4.05. The zero-order valence-corrected chi connectivity index (χ0v) is 13.2. The molecule has 0 radical (unpaired) electrons. The number of rotatable bonds is 5. The monoisotopic (exact) mass is 313 g/mol. The zero-order chi connectivity index (χ0) is 16.2. The van der Waals surface area contributed by atoms with Crippen molar-refractivity contribution >= 4 is 11.6 Å². The number of hydrogen-bond donors (Lipinski definition) is 1. The molecule has 1 aromatic heterocycles. The second-order valence-electron chi connectivity index (χ2n) is 5.53. The number of anilines is 1. The molecule has 2 aromatic rings. The summed E-state index contributed by atoms with van der Waals surface area (Å²) in [5, 5.41) is 2.95. The second kappa shape index (κ2) is 6.64. The van der Waals surface area contributed by atoms with E-state index in [-0.39, 0.29) is 11.8 Å². The van der Waals surface area contributed by atoms with Crippen LogP contribution in [0.4, 0.5) is 5.69 Å². The highest BCUT2D eigenvalue weighted by Crippen LogP contribution is 2.37. The van der Waals surface area contributed by atoms with Gasteiger partial charge < -0.3 is 14.8 Å². The number of aromatic nitrogens is 2. The standard InChI is InChI=1S/C17H19N3O3/c1-11-14(23-15-10-18-8-9-19-15)7-6-13(16(11)22-2)20-17(21)12-4-3-5-12/h6-10,12H,3-5H2,1-2H3,(H,20,21). The summed E-state index contributed by atoms with van der Waals surface area (Å²) in [7, 11) is 1.58. The maximum Gasteiger partial charge on any atom is 0.237 e. The Morgan fingerprint density at radius 3 is 2.74 bits per heavy atom. The summed E-state index contributed by atoms with van der Waals surface area (Å²) in [6.07, 6.45) is 7.73. The van der Waals surface area contributed by atoms with Gasteiger partial charge in [-0.1, -0.05) is 6.42 Å². The molecule has 0 saturated heterocycles. The van der Waals surface area contributed by atoms with Gasteiger partial charge in [-0.25, -0.2) is 4.98 Å². The van der Waals surface area contributed by atoms with Crippen molar-refractivity contribution in [1.82, 2.24) is 9.97 Å². The van der Waals surface area contributed by atoms with Crippen molar-refractivity contribution in [1.29, 1.82) is 0 Å². The smallest absolute Gasteiger partial charge is 0.237 e. The fourth-order valence-electron chi connectivity index (χ4n) is 2.50. The first-order valence-electron chi connectivity index (χ1n) is 7.61. The predicted molar refractivity (Wildman–Crippen MR) is 85.8 cm³/mol. The molecule has 120 valence electrons. The van der Waals surface area contributed by atoms with E-state index in [2.05, 4.69) is 15.3 Å². The van der Waals surface area contributed by atoms with E-state index < -0.39 is 0 Å². The molecule has 6 nitrogen and oxygen atoms in total. The van der Waals surface area contributed by atoms with E-state index in [0.717, 1.165) is 24.8 Å². The molecular weight excluding hydrogens is 294 g/mol. The molecule has 0 aliphatic heterocycles. The van der Waals surface area contributed by atoms with Gasteiger partial charge in [-0.15, -0.1) is 0 Å². The number of carbonyl (C=O) groups is 1. The molecule has 0 bridgehead atoms. The van der Waals surface area contributed by atoms with Crippen LogP contribution in [0.2, 0.25) is 0 Å². The van der Waals surface area contributed by atoms with E-state index >= 15 is 0 Å². The lowest BCUT2D eigenvalue weighted by Gasteiger charge is -2.25. The summed E-state index contributed by atoms with van der Waals surface area (Å²) < 4.78 is 11.2. The number of hydrogen-bond acceptors (Lipinski definition) is 5. The van der Waals surface area contributed by atoms with Crippen molar-refractivity contribution in [3.8, 4) is 17.4 Å². The average Bonchev–Trinajstić information content (AvgIpc) is 2.49. The average molecular weight is 313 g/mol. The highest BCUT2D eigenvalue weighted by molar-refractivity contribution is 5.94. The molecule has 1 heterocycles. The summed E-state index contributed by atoms with van der Waals surface area (Å²) in [5.41, 5.74) is 1.46. The van der Waals surface area contributed by atoms with Gasteiger partial charge in [0.1, 0.15) is 11.5 Å². The Labute approximate surface area is 134 Å². The number of methoxy groups -OCH3 is 1. The van der Waals surface area contributed by atoms with Gasteiger partial charge in [-0.05, 0) is 31.9 Å². The number of nitrogens with zero attached hydrogens (tertiary/aromatic N) is 2. The molecule has 6 heteroatoms. The highest BCUT2D eigenvalue weighted by atomic mass is 16.5. The van der Waals surface area contributed by atoms with Gasteiger partial charge in [0.25, 0.3) is 0 Å². The summed E-state index contributed by atoms with van der Waals surface area (Å²) in [5.74, 6) is 1.79. The van der Waals surface area contributed by atoms with E-state index in [1.54, 1.807) is 31.6 Å². The van der Waals surface area contributed by atoms with Crippen LogP contribution in [-0.2, 0) is 4.79 Å². The van der Waals surface area contributed by atoms with Crippen LogP contribution in [0.1, 0.15) is 24.8 Å². The number of ether oxygens (including phenoxy) is 2. The van der Waals surface area contributed by atoms with Crippen LogP contribution in [0.15, 0.2) is 30.7 Å². The van der Waals surface area contributed by atoms with E-state index in [1.807, 2.05) is 6.92 Å². The van der Waals surface area contributed by atoms with Crippen molar-refractivity contribution < 1.29 is 14.3 Å². The lowest BCUT2D eigenvalue weighted by molar-refractivity contribution is -0.122. The number of nitrogens with one attached hydrogen (secondary N) is 1. The summed E-state index contributed by atoms with van der Waals surface area (Å²) in [4.78, 5) is 20.2. The van der Waals surface area contributed by atoms with Gasteiger partial charge in [0, 0.05) is 23.9 Å². The largest absolute Gasteiger partial charge is 0.494 e. The summed E-state index contributed by atoms with van der Waals surface area (Å²) in [6.45, 7) is 1.88. The fraction of sp³-hybridized carbons (Fsp3) is 0.353. The van der Waals surface area contributed by atoms with Crippen LogP contribution in [0.5, 0.6) is 17.4 Å². The lowest BCUT2D eigenvalue weighted by Crippen LogP contribution is -2.28. The topological polar surface area (TPSA) is 73.3 Å². The molecule has 0 unspecified atom stereocenters. The SMILES string of the molecule is COc1c(NC(=O)C2CCC2)ccc(Oc2cnccn2)c1C. The maximum atomic E-state index is 12.1. The molecule has 3 rings (SSSR count). The highest BCUT2D eigenvalue weighted by Gasteiger charge is 2.26. The van der Waals surface area contributed by atoms with Crippen molar-refractivity contribution in [2.24, 2.45) is 5.92 Å². The van der Waals surface area contributed by atoms with Gasteiger partial charge in [0.05, 0.1) is 19.0 Å². The Morgan fingerprint density at radius 2 is 2.13 bits per heavy atom. The van der Waals surface area contributed by atoms with Gasteiger partial charge >= 0.3 is 0 Å². The van der Waals surface area contributed by atoms with Crippen molar-refractivity contribution in [2.45, 2.75) is 26.2 Å². The normalized spacial score (nSPS) is 14.0. The van der Waals surface area contributed by atoms with Gasteiger partial charge in [0.2, 0.25) is 11.8 Å². The molecule has 1 aliphatic rings. The molecule has 1 saturated carbocycles. The Kier molecular flexibility index (Phi) is 4.41. The molecular formula is C17H19N3O3. The van der Waals surface area contributed by atoms with Crippen LogP contribution in [0.25, 0.3) is 0 Å². The quantitative estimate of drug-likeness (QED) is 0.916. The third kappa shape index (κ3) is 3.26. The van der Waals surface area contributed by atoms with Crippen LogP contribution < -0.4 is 14.8 Å². The minimum absolute atomic E-state index is 0.0524. The molecule has 1 aromatic carbocycles.